The zero-order valence-corrected chi connectivity index (χ0v) is 8.45. The van der Waals surface area contributed by atoms with E-state index < -0.39 is 0 Å². The summed E-state index contributed by atoms with van der Waals surface area (Å²) in [6.45, 7) is 0.0516. The number of halogens is 1. The van der Waals surface area contributed by atoms with Gasteiger partial charge in [0.05, 0.1) is 5.33 Å². The summed E-state index contributed by atoms with van der Waals surface area (Å²) in [5.41, 5.74) is 0. The van der Waals surface area contributed by atoms with E-state index in [-0.39, 0.29) is 18.1 Å². The Balaban J connectivity index is 2.46. The molecule has 0 heterocycles. The van der Waals surface area contributed by atoms with Crippen molar-refractivity contribution in [3.8, 4) is 11.5 Å². The maximum atomic E-state index is 10.8. The van der Waals surface area contributed by atoms with Crippen molar-refractivity contribution in [1.82, 2.24) is 0 Å². The molecule has 3 nitrogen and oxygen atoms in total. The van der Waals surface area contributed by atoms with Crippen molar-refractivity contribution in [3.63, 3.8) is 0 Å². The quantitative estimate of drug-likeness (QED) is 0.821. The van der Waals surface area contributed by atoms with Gasteiger partial charge in [-0.3, -0.25) is 4.79 Å². The van der Waals surface area contributed by atoms with Crippen LogP contribution in [0.2, 0.25) is 0 Å². The van der Waals surface area contributed by atoms with Gasteiger partial charge in [-0.15, -0.1) is 0 Å². The van der Waals surface area contributed by atoms with E-state index in [0.29, 0.717) is 11.1 Å². The third kappa shape index (κ3) is 3.46. The van der Waals surface area contributed by atoms with Gasteiger partial charge in [0.2, 0.25) is 0 Å². The van der Waals surface area contributed by atoms with Gasteiger partial charge in [-0.05, 0) is 24.3 Å². The summed E-state index contributed by atoms with van der Waals surface area (Å²) in [6, 6.07) is 6.23. The third-order valence-corrected chi connectivity index (χ3v) is 2.01. The first-order valence-corrected chi connectivity index (χ1v) is 4.84. The van der Waals surface area contributed by atoms with Crippen LogP contribution >= 0.6 is 15.9 Å². The number of carbonyl (C=O) groups is 1. The molecule has 0 unspecified atom stereocenters. The van der Waals surface area contributed by atoms with Crippen LogP contribution in [0.4, 0.5) is 0 Å². The summed E-state index contributed by atoms with van der Waals surface area (Å²) in [7, 11) is 0. The zero-order chi connectivity index (χ0) is 9.68. The fraction of sp³-hybridized carbons (Fsp3) is 0.222. The second kappa shape index (κ2) is 4.87. The van der Waals surface area contributed by atoms with Crippen molar-refractivity contribution in [1.29, 1.82) is 0 Å². The first-order chi connectivity index (χ1) is 6.22. The molecule has 1 aromatic carbocycles. The molecule has 0 aromatic heterocycles. The van der Waals surface area contributed by atoms with Gasteiger partial charge in [-0.1, -0.05) is 15.9 Å². The number of alkyl halides is 1. The molecule has 0 spiro atoms. The largest absolute Gasteiger partial charge is 0.508 e. The molecule has 0 atom stereocenters. The molecule has 0 amide bonds. The van der Waals surface area contributed by atoms with Crippen LogP contribution in [-0.2, 0) is 4.79 Å². The first kappa shape index (κ1) is 10.1. The number of phenols is 1. The second-order valence-electron chi connectivity index (χ2n) is 2.45. The fourth-order valence-corrected chi connectivity index (χ4v) is 0.907. The smallest absolute Gasteiger partial charge is 0.180 e. The lowest BCUT2D eigenvalue weighted by Crippen LogP contribution is -2.11. The molecule has 1 aromatic rings. The molecular formula is C9H9BrO3. The molecule has 13 heavy (non-hydrogen) atoms. The van der Waals surface area contributed by atoms with Crippen LogP contribution in [0.25, 0.3) is 0 Å². The fourth-order valence-electron chi connectivity index (χ4n) is 0.745. The summed E-state index contributed by atoms with van der Waals surface area (Å²) in [4.78, 5) is 10.8. The molecule has 0 saturated heterocycles. The standard InChI is InChI=1S/C9H9BrO3/c10-5-8(12)6-13-9-3-1-7(11)2-4-9/h1-4,11H,5-6H2. The Morgan fingerprint density at radius 1 is 1.38 bits per heavy atom. The topological polar surface area (TPSA) is 46.5 Å². The lowest BCUT2D eigenvalue weighted by atomic mass is 10.3. The number of aromatic hydroxyl groups is 1. The Morgan fingerprint density at radius 3 is 2.54 bits per heavy atom. The number of Topliss-reactive ketones (excluding diaryl/α,β-unsaturated/α-hetero) is 1. The van der Waals surface area contributed by atoms with E-state index >= 15 is 0 Å². The highest BCUT2D eigenvalue weighted by Gasteiger charge is 2.00. The van der Waals surface area contributed by atoms with Crippen molar-refractivity contribution >= 4 is 21.7 Å². The van der Waals surface area contributed by atoms with Crippen LogP contribution in [0.15, 0.2) is 24.3 Å². The summed E-state index contributed by atoms with van der Waals surface area (Å²) < 4.78 is 5.12. The van der Waals surface area contributed by atoms with Crippen LogP contribution in [0.5, 0.6) is 11.5 Å². The van der Waals surface area contributed by atoms with Crippen LogP contribution in [0.1, 0.15) is 0 Å². The van der Waals surface area contributed by atoms with Gasteiger partial charge in [0.1, 0.15) is 18.1 Å². The number of rotatable bonds is 4. The average Bonchev–Trinajstić information content (AvgIpc) is 2.16. The Labute approximate surface area is 84.5 Å². The minimum Gasteiger partial charge on any atom is -0.508 e. The summed E-state index contributed by atoms with van der Waals surface area (Å²) in [6.07, 6.45) is 0. The maximum Gasteiger partial charge on any atom is 0.180 e. The van der Waals surface area contributed by atoms with Gasteiger partial charge in [0.25, 0.3) is 0 Å². The van der Waals surface area contributed by atoms with E-state index in [4.69, 9.17) is 9.84 Å². The summed E-state index contributed by atoms with van der Waals surface area (Å²) in [5, 5.41) is 9.25. The Hall–Kier alpha value is -1.03. The predicted molar refractivity (Wildman–Crippen MR) is 52.4 cm³/mol. The first-order valence-electron chi connectivity index (χ1n) is 3.72. The summed E-state index contributed by atoms with van der Waals surface area (Å²) in [5.74, 6) is 0.736. The number of ether oxygens (including phenoxy) is 1. The number of ketones is 1. The minimum absolute atomic E-state index is 0.0203. The molecular weight excluding hydrogens is 236 g/mol. The van der Waals surface area contributed by atoms with E-state index in [1.54, 1.807) is 12.1 Å². The summed E-state index contributed by atoms with van der Waals surface area (Å²) >= 11 is 3.03. The van der Waals surface area contributed by atoms with Crippen LogP contribution < -0.4 is 4.74 Å². The highest BCUT2D eigenvalue weighted by Crippen LogP contribution is 2.15. The normalized spacial score (nSPS) is 9.62. The van der Waals surface area contributed by atoms with E-state index in [1.165, 1.54) is 12.1 Å². The number of benzene rings is 1. The molecule has 1 rings (SSSR count). The van der Waals surface area contributed by atoms with E-state index in [2.05, 4.69) is 15.9 Å². The number of carbonyl (C=O) groups excluding carboxylic acids is 1. The molecule has 0 saturated carbocycles. The van der Waals surface area contributed by atoms with Gasteiger partial charge in [0.15, 0.2) is 5.78 Å². The third-order valence-electron chi connectivity index (χ3n) is 1.39. The average molecular weight is 245 g/mol. The monoisotopic (exact) mass is 244 g/mol. The predicted octanol–water partition coefficient (Wildman–Crippen LogP) is 1.73. The number of hydrogen-bond donors (Lipinski definition) is 1. The minimum atomic E-state index is -0.0203. The molecule has 1 N–H and O–H groups in total. The van der Waals surface area contributed by atoms with Crippen molar-refractivity contribution in [3.05, 3.63) is 24.3 Å². The van der Waals surface area contributed by atoms with Crippen LogP contribution in [0.3, 0.4) is 0 Å². The van der Waals surface area contributed by atoms with Gasteiger partial charge in [-0.25, -0.2) is 0 Å². The van der Waals surface area contributed by atoms with E-state index in [9.17, 15) is 4.79 Å². The van der Waals surface area contributed by atoms with Gasteiger partial charge >= 0.3 is 0 Å². The molecule has 0 aliphatic carbocycles. The lowest BCUT2D eigenvalue weighted by Gasteiger charge is -2.03. The molecule has 0 aliphatic rings. The highest BCUT2D eigenvalue weighted by molar-refractivity contribution is 9.09. The Bertz CT molecular complexity index is 281. The van der Waals surface area contributed by atoms with Crippen molar-refractivity contribution in [2.24, 2.45) is 0 Å². The molecule has 0 aliphatic heterocycles. The Kier molecular flexibility index (Phi) is 3.76. The Morgan fingerprint density at radius 2 is 2.00 bits per heavy atom. The maximum absolute atomic E-state index is 10.8. The van der Waals surface area contributed by atoms with Gasteiger partial charge < -0.3 is 9.84 Å². The van der Waals surface area contributed by atoms with Gasteiger partial charge in [-0.2, -0.15) is 0 Å². The molecule has 4 heteroatoms. The van der Waals surface area contributed by atoms with Gasteiger partial charge in [0, 0.05) is 0 Å². The van der Waals surface area contributed by atoms with Crippen molar-refractivity contribution < 1.29 is 14.6 Å². The van der Waals surface area contributed by atoms with Crippen molar-refractivity contribution in [2.75, 3.05) is 11.9 Å². The lowest BCUT2D eigenvalue weighted by molar-refractivity contribution is -0.118. The SMILES string of the molecule is O=C(CBr)COc1ccc(O)cc1. The van der Waals surface area contributed by atoms with Crippen LogP contribution in [0, 0.1) is 0 Å². The van der Waals surface area contributed by atoms with Crippen molar-refractivity contribution in [2.45, 2.75) is 0 Å². The molecule has 0 radical (unpaired) electrons. The van der Waals surface area contributed by atoms with E-state index in [1.807, 2.05) is 0 Å². The number of phenolic OH excluding ortho intramolecular Hbond substituents is 1. The molecule has 0 bridgehead atoms. The van der Waals surface area contributed by atoms with Crippen LogP contribution in [-0.4, -0.2) is 22.8 Å². The van der Waals surface area contributed by atoms with E-state index in [0.717, 1.165) is 0 Å². The second-order valence-corrected chi connectivity index (χ2v) is 3.02. The molecule has 70 valence electrons. The zero-order valence-electron chi connectivity index (χ0n) is 6.87. The highest BCUT2D eigenvalue weighted by atomic mass is 79.9. The molecule has 0 fully saturated rings. The number of hydrogen-bond acceptors (Lipinski definition) is 3.